The number of aryl methyl sites for hydroxylation is 2. The Morgan fingerprint density at radius 3 is 2.68 bits per heavy atom. The molecule has 2 aromatic rings. The molecule has 0 atom stereocenters. The first-order valence-electron chi connectivity index (χ1n) is 5.59. The molecule has 0 fully saturated rings. The number of hydrogen-bond acceptors (Lipinski definition) is 5. The van der Waals surface area contributed by atoms with Crippen molar-refractivity contribution in [3.05, 3.63) is 41.5 Å². The second kappa shape index (κ2) is 5.02. The van der Waals surface area contributed by atoms with Crippen LogP contribution in [0, 0.1) is 13.8 Å². The van der Waals surface area contributed by atoms with E-state index in [9.17, 15) is 8.42 Å². The Balaban J connectivity index is 2.34. The van der Waals surface area contributed by atoms with Gasteiger partial charge < -0.3 is 9.52 Å². The molecule has 0 aliphatic rings. The van der Waals surface area contributed by atoms with Crippen LogP contribution in [-0.4, -0.2) is 18.5 Å². The molecular formula is C12H14N2O4S. The summed E-state index contributed by atoms with van der Waals surface area (Å²) in [5.74, 6) is 0.672. The van der Waals surface area contributed by atoms with Gasteiger partial charge in [0.25, 0.3) is 10.0 Å². The van der Waals surface area contributed by atoms with Gasteiger partial charge in [0, 0.05) is 11.8 Å². The summed E-state index contributed by atoms with van der Waals surface area (Å²) in [5, 5.41) is 8.95. The van der Waals surface area contributed by atoms with Gasteiger partial charge in [-0.25, -0.2) is 13.4 Å². The van der Waals surface area contributed by atoms with Gasteiger partial charge in [0.05, 0.1) is 0 Å². The third kappa shape index (κ3) is 2.94. The van der Waals surface area contributed by atoms with E-state index in [0.29, 0.717) is 5.69 Å². The molecule has 0 unspecified atom stereocenters. The predicted molar refractivity (Wildman–Crippen MR) is 69.2 cm³/mol. The Morgan fingerprint density at radius 2 is 2.11 bits per heavy atom. The zero-order valence-electron chi connectivity index (χ0n) is 10.5. The fourth-order valence-corrected chi connectivity index (χ4v) is 2.87. The summed E-state index contributed by atoms with van der Waals surface area (Å²) in [7, 11) is -3.77. The van der Waals surface area contributed by atoms with Gasteiger partial charge in [0.1, 0.15) is 28.8 Å². The van der Waals surface area contributed by atoms with Gasteiger partial charge >= 0.3 is 0 Å². The van der Waals surface area contributed by atoms with Crippen molar-refractivity contribution in [1.29, 1.82) is 0 Å². The van der Waals surface area contributed by atoms with Crippen LogP contribution < -0.4 is 4.72 Å². The number of nitrogens with zero attached hydrogens (tertiary/aromatic N) is 1. The fourth-order valence-electron chi connectivity index (χ4n) is 1.66. The number of aliphatic hydroxyl groups excluding tert-OH is 1. The maximum atomic E-state index is 12.2. The molecule has 0 saturated carbocycles. The van der Waals surface area contributed by atoms with Crippen molar-refractivity contribution in [2.75, 3.05) is 4.72 Å². The molecule has 0 bridgehead atoms. The molecule has 0 radical (unpaired) electrons. The minimum Gasteiger partial charge on any atom is -0.462 e. The lowest BCUT2D eigenvalue weighted by Crippen LogP contribution is -2.14. The fraction of sp³-hybridized carbons (Fsp3) is 0.250. The minimum atomic E-state index is -3.77. The Hall–Kier alpha value is -1.86. The lowest BCUT2D eigenvalue weighted by Gasteiger charge is -2.06. The molecule has 0 aliphatic heterocycles. The van der Waals surface area contributed by atoms with E-state index in [1.165, 1.54) is 13.0 Å². The Kier molecular flexibility index (Phi) is 3.59. The molecule has 7 heteroatoms. The first-order valence-corrected chi connectivity index (χ1v) is 7.07. The van der Waals surface area contributed by atoms with Gasteiger partial charge in [-0.1, -0.05) is 6.07 Å². The van der Waals surface area contributed by atoms with E-state index >= 15 is 0 Å². The van der Waals surface area contributed by atoms with Crippen molar-refractivity contribution in [1.82, 2.24) is 4.98 Å². The van der Waals surface area contributed by atoms with Crippen molar-refractivity contribution in [2.45, 2.75) is 25.3 Å². The van der Waals surface area contributed by atoms with Crippen LogP contribution in [-0.2, 0) is 16.6 Å². The zero-order valence-corrected chi connectivity index (χ0v) is 11.4. The lowest BCUT2D eigenvalue weighted by molar-refractivity contribution is 0.245. The molecule has 19 heavy (non-hydrogen) atoms. The standard InChI is InChI=1S/C12H14N2O4S/c1-8-4-3-5-12(13-8)14-19(16,17)11-6-10(7-15)18-9(11)2/h3-6,15H,7H2,1-2H3,(H,13,14). The highest BCUT2D eigenvalue weighted by Gasteiger charge is 2.21. The van der Waals surface area contributed by atoms with Gasteiger partial charge in [-0.3, -0.25) is 4.72 Å². The quantitative estimate of drug-likeness (QED) is 0.888. The predicted octanol–water partition coefficient (Wildman–Crippen LogP) is 1.58. The van der Waals surface area contributed by atoms with Gasteiger partial charge in [0.15, 0.2) is 0 Å². The molecular weight excluding hydrogens is 268 g/mol. The van der Waals surface area contributed by atoms with Crippen LogP contribution in [0.3, 0.4) is 0 Å². The number of aromatic nitrogens is 1. The maximum Gasteiger partial charge on any atom is 0.266 e. The SMILES string of the molecule is Cc1cccc(NS(=O)(=O)c2cc(CO)oc2C)n1. The summed E-state index contributed by atoms with van der Waals surface area (Å²) in [6.45, 7) is 2.95. The van der Waals surface area contributed by atoms with Crippen LogP contribution in [0.5, 0.6) is 0 Å². The number of nitrogens with one attached hydrogen (secondary N) is 1. The van der Waals surface area contributed by atoms with Crippen LogP contribution in [0.25, 0.3) is 0 Å². The summed E-state index contributed by atoms with van der Waals surface area (Å²) in [6.07, 6.45) is 0. The molecule has 2 aromatic heterocycles. The van der Waals surface area contributed by atoms with E-state index in [2.05, 4.69) is 9.71 Å². The molecule has 102 valence electrons. The molecule has 0 amide bonds. The Morgan fingerprint density at radius 1 is 1.37 bits per heavy atom. The number of anilines is 1. The molecule has 2 heterocycles. The topological polar surface area (TPSA) is 92.4 Å². The molecule has 0 aromatic carbocycles. The summed E-state index contributed by atoms with van der Waals surface area (Å²) in [5.41, 5.74) is 0.708. The smallest absolute Gasteiger partial charge is 0.266 e. The Bertz CT molecular complexity index is 692. The minimum absolute atomic E-state index is 0.000133. The van der Waals surface area contributed by atoms with E-state index < -0.39 is 10.0 Å². The van der Waals surface area contributed by atoms with E-state index in [1.807, 2.05) is 0 Å². The van der Waals surface area contributed by atoms with E-state index in [1.54, 1.807) is 25.1 Å². The molecule has 0 saturated heterocycles. The first-order chi connectivity index (χ1) is 8.92. The number of furan rings is 1. The third-order valence-electron chi connectivity index (χ3n) is 2.50. The van der Waals surface area contributed by atoms with Gasteiger partial charge in [-0.05, 0) is 26.0 Å². The summed E-state index contributed by atoms with van der Waals surface area (Å²) in [6, 6.07) is 6.34. The van der Waals surface area contributed by atoms with E-state index in [-0.39, 0.29) is 28.8 Å². The van der Waals surface area contributed by atoms with Crippen molar-refractivity contribution in [3.8, 4) is 0 Å². The van der Waals surface area contributed by atoms with Crippen molar-refractivity contribution >= 4 is 15.8 Å². The van der Waals surface area contributed by atoms with Gasteiger partial charge in [0.2, 0.25) is 0 Å². The van der Waals surface area contributed by atoms with Gasteiger partial charge in [-0.2, -0.15) is 0 Å². The highest BCUT2D eigenvalue weighted by Crippen LogP contribution is 2.22. The highest BCUT2D eigenvalue weighted by molar-refractivity contribution is 7.92. The zero-order chi connectivity index (χ0) is 14.0. The monoisotopic (exact) mass is 282 g/mol. The van der Waals surface area contributed by atoms with Crippen molar-refractivity contribution < 1.29 is 17.9 Å². The van der Waals surface area contributed by atoms with Crippen molar-refractivity contribution in [2.24, 2.45) is 0 Å². The van der Waals surface area contributed by atoms with Crippen LogP contribution in [0.4, 0.5) is 5.82 Å². The molecule has 2 rings (SSSR count). The lowest BCUT2D eigenvalue weighted by atomic mass is 10.4. The van der Waals surface area contributed by atoms with Crippen LogP contribution in [0.1, 0.15) is 17.2 Å². The second-order valence-electron chi connectivity index (χ2n) is 4.06. The van der Waals surface area contributed by atoms with Gasteiger partial charge in [-0.15, -0.1) is 0 Å². The number of aliphatic hydroxyl groups is 1. The average Bonchev–Trinajstić information content (AvgIpc) is 2.71. The van der Waals surface area contributed by atoms with E-state index in [4.69, 9.17) is 9.52 Å². The summed E-state index contributed by atoms with van der Waals surface area (Å²) in [4.78, 5) is 4.07. The largest absolute Gasteiger partial charge is 0.462 e. The number of rotatable bonds is 4. The number of pyridine rings is 1. The van der Waals surface area contributed by atoms with Crippen molar-refractivity contribution in [3.63, 3.8) is 0 Å². The molecule has 0 aliphatic carbocycles. The number of hydrogen-bond donors (Lipinski definition) is 2. The normalized spacial score (nSPS) is 11.5. The van der Waals surface area contributed by atoms with Crippen LogP contribution >= 0.6 is 0 Å². The molecule has 0 spiro atoms. The first kappa shape index (κ1) is 13.6. The molecule has 6 nitrogen and oxygen atoms in total. The maximum absolute atomic E-state index is 12.2. The van der Waals surface area contributed by atoms with Crippen LogP contribution in [0.15, 0.2) is 33.6 Å². The van der Waals surface area contributed by atoms with E-state index in [0.717, 1.165) is 0 Å². The summed E-state index contributed by atoms with van der Waals surface area (Å²) >= 11 is 0. The summed E-state index contributed by atoms with van der Waals surface area (Å²) < 4.78 is 31.8. The van der Waals surface area contributed by atoms with Crippen LogP contribution in [0.2, 0.25) is 0 Å². The third-order valence-corrected chi connectivity index (χ3v) is 3.96. The highest BCUT2D eigenvalue weighted by atomic mass is 32.2. The molecule has 2 N–H and O–H groups in total. The number of sulfonamides is 1. The average molecular weight is 282 g/mol. The second-order valence-corrected chi connectivity index (χ2v) is 5.71. The Labute approximate surface area is 111 Å².